The Morgan fingerprint density at radius 3 is 2.33 bits per heavy atom. The lowest BCUT2D eigenvalue weighted by molar-refractivity contribution is 0.0952. The van der Waals surface area contributed by atoms with E-state index in [9.17, 15) is 0 Å². The van der Waals surface area contributed by atoms with E-state index in [0.29, 0.717) is 6.54 Å². The summed E-state index contributed by atoms with van der Waals surface area (Å²) in [6.45, 7) is 7.19. The largest absolute Gasteiger partial charge is 0.496 e. The van der Waals surface area contributed by atoms with Crippen LogP contribution in [-0.4, -0.2) is 20.8 Å². The summed E-state index contributed by atoms with van der Waals surface area (Å²) in [5, 5.41) is 0. The average Bonchev–Trinajstić information content (AvgIpc) is 2.34. The minimum Gasteiger partial charge on any atom is -0.496 e. The zero-order chi connectivity index (χ0) is 13.8. The first-order valence-electron chi connectivity index (χ1n) is 6.35. The number of rotatable bonds is 5. The molecule has 1 aromatic carbocycles. The zero-order valence-corrected chi connectivity index (χ0v) is 12.1. The van der Waals surface area contributed by atoms with Crippen molar-refractivity contribution in [3.8, 4) is 5.75 Å². The summed E-state index contributed by atoms with van der Waals surface area (Å²) < 4.78 is 10.9. The fraction of sp³-hybridized carbons (Fsp3) is 0.600. The molecule has 102 valence electrons. The molecule has 18 heavy (non-hydrogen) atoms. The van der Waals surface area contributed by atoms with E-state index in [1.54, 1.807) is 14.2 Å². The van der Waals surface area contributed by atoms with Gasteiger partial charge in [0.25, 0.3) is 0 Å². The highest BCUT2D eigenvalue weighted by molar-refractivity contribution is 5.41. The maximum absolute atomic E-state index is 5.64. The Bertz CT molecular complexity index is 383. The molecule has 0 aliphatic carbocycles. The van der Waals surface area contributed by atoms with E-state index in [1.807, 2.05) is 6.07 Å². The molecule has 0 aliphatic rings. The minimum absolute atomic E-state index is 0.00718. The Labute approximate surface area is 110 Å². The lowest BCUT2D eigenvalue weighted by Crippen LogP contribution is -2.14. The smallest absolute Gasteiger partial charge is 0.124 e. The summed E-state index contributed by atoms with van der Waals surface area (Å²) in [4.78, 5) is 0. The Kier molecular flexibility index (Phi) is 5.17. The first-order chi connectivity index (χ1) is 8.43. The predicted molar refractivity (Wildman–Crippen MR) is 75.1 cm³/mol. The van der Waals surface area contributed by atoms with Crippen LogP contribution in [0.2, 0.25) is 0 Å². The zero-order valence-electron chi connectivity index (χ0n) is 12.1. The fourth-order valence-corrected chi connectivity index (χ4v) is 2.00. The third-order valence-corrected chi connectivity index (χ3v) is 3.16. The fourth-order valence-electron chi connectivity index (χ4n) is 2.00. The highest BCUT2D eigenvalue weighted by Gasteiger charge is 2.20. The lowest BCUT2D eigenvalue weighted by Gasteiger charge is -2.24. The standard InChI is InChI=1S/C15H25NO2/c1-15(2,3)11-6-7-13(17-4)12(10-11)14(18-5)8-9-16/h6-7,10,14H,8-9,16H2,1-5H3. The van der Waals surface area contributed by atoms with Crippen LogP contribution in [0.5, 0.6) is 5.75 Å². The number of hydrogen-bond donors (Lipinski definition) is 1. The van der Waals surface area contributed by atoms with Crippen molar-refractivity contribution in [1.82, 2.24) is 0 Å². The van der Waals surface area contributed by atoms with Crippen molar-refractivity contribution in [3.05, 3.63) is 29.3 Å². The van der Waals surface area contributed by atoms with Crippen molar-refractivity contribution in [2.45, 2.75) is 38.7 Å². The summed E-state index contributed by atoms with van der Waals surface area (Å²) in [6, 6.07) is 6.29. The minimum atomic E-state index is -0.00718. The molecule has 3 heteroatoms. The molecule has 0 saturated heterocycles. The van der Waals surface area contributed by atoms with Crippen LogP contribution < -0.4 is 10.5 Å². The van der Waals surface area contributed by atoms with Gasteiger partial charge in [0.05, 0.1) is 13.2 Å². The SMILES string of the molecule is COc1ccc(C(C)(C)C)cc1C(CCN)OC. The molecular formula is C15H25NO2. The molecule has 0 heterocycles. The van der Waals surface area contributed by atoms with Crippen LogP contribution in [0, 0.1) is 0 Å². The van der Waals surface area contributed by atoms with Gasteiger partial charge in [-0.2, -0.15) is 0 Å². The Balaban J connectivity index is 3.20. The number of hydrogen-bond acceptors (Lipinski definition) is 3. The average molecular weight is 251 g/mol. The van der Waals surface area contributed by atoms with E-state index in [2.05, 4.69) is 32.9 Å². The maximum Gasteiger partial charge on any atom is 0.124 e. The molecule has 0 spiro atoms. The Morgan fingerprint density at radius 1 is 1.22 bits per heavy atom. The second-order valence-electron chi connectivity index (χ2n) is 5.51. The van der Waals surface area contributed by atoms with E-state index in [4.69, 9.17) is 15.2 Å². The third-order valence-electron chi connectivity index (χ3n) is 3.16. The van der Waals surface area contributed by atoms with Gasteiger partial charge in [-0.3, -0.25) is 0 Å². The lowest BCUT2D eigenvalue weighted by atomic mass is 9.85. The number of benzene rings is 1. The molecule has 0 saturated carbocycles. The molecule has 0 fully saturated rings. The van der Waals surface area contributed by atoms with Crippen molar-refractivity contribution in [3.63, 3.8) is 0 Å². The van der Waals surface area contributed by atoms with Crippen LogP contribution in [0.4, 0.5) is 0 Å². The van der Waals surface area contributed by atoms with E-state index < -0.39 is 0 Å². The van der Waals surface area contributed by atoms with Crippen molar-refractivity contribution in [1.29, 1.82) is 0 Å². The molecule has 1 aromatic rings. The number of methoxy groups -OCH3 is 2. The molecule has 0 aromatic heterocycles. The van der Waals surface area contributed by atoms with Gasteiger partial charge in [-0.25, -0.2) is 0 Å². The van der Waals surface area contributed by atoms with Gasteiger partial charge in [0.2, 0.25) is 0 Å². The molecule has 0 amide bonds. The first kappa shape index (κ1) is 15.0. The quantitative estimate of drug-likeness (QED) is 0.875. The van der Waals surface area contributed by atoms with Gasteiger partial charge < -0.3 is 15.2 Å². The highest BCUT2D eigenvalue weighted by atomic mass is 16.5. The van der Waals surface area contributed by atoms with Gasteiger partial charge in [-0.05, 0) is 36.1 Å². The van der Waals surface area contributed by atoms with Crippen LogP contribution in [0.25, 0.3) is 0 Å². The van der Waals surface area contributed by atoms with Gasteiger partial charge in [0.1, 0.15) is 5.75 Å². The molecule has 3 nitrogen and oxygen atoms in total. The van der Waals surface area contributed by atoms with E-state index >= 15 is 0 Å². The predicted octanol–water partition coefficient (Wildman–Crippen LogP) is 3.03. The van der Waals surface area contributed by atoms with Gasteiger partial charge in [0.15, 0.2) is 0 Å². The second kappa shape index (κ2) is 6.21. The van der Waals surface area contributed by atoms with Crippen LogP contribution in [-0.2, 0) is 10.2 Å². The highest BCUT2D eigenvalue weighted by Crippen LogP contribution is 2.33. The summed E-state index contributed by atoms with van der Waals surface area (Å²) in [5.41, 5.74) is 8.11. The molecular weight excluding hydrogens is 226 g/mol. The van der Waals surface area contributed by atoms with Gasteiger partial charge in [0, 0.05) is 12.7 Å². The number of nitrogens with two attached hydrogens (primary N) is 1. The molecule has 1 rings (SSSR count). The van der Waals surface area contributed by atoms with Gasteiger partial charge in [-0.15, -0.1) is 0 Å². The van der Waals surface area contributed by atoms with Crippen molar-refractivity contribution in [2.75, 3.05) is 20.8 Å². The maximum atomic E-state index is 5.64. The monoisotopic (exact) mass is 251 g/mol. The van der Waals surface area contributed by atoms with Crippen LogP contribution in [0.1, 0.15) is 44.4 Å². The summed E-state index contributed by atoms with van der Waals surface area (Å²) in [5.74, 6) is 0.864. The molecule has 1 atom stereocenters. The van der Waals surface area contributed by atoms with E-state index in [-0.39, 0.29) is 11.5 Å². The van der Waals surface area contributed by atoms with Gasteiger partial charge in [-0.1, -0.05) is 26.8 Å². The second-order valence-corrected chi connectivity index (χ2v) is 5.51. The Hall–Kier alpha value is -1.06. The van der Waals surface area contributed by atoms with Crippen molar-refractivity contribution in [2.24, 2.45) is 5.73 Å². The molecule has 0 aliphatic heterocycles. The topological polar surface area (TPSA) is 44.5 Å². The van der Waals surface area contributed by atoms with Gasteiger partial charge >= 0.3 is 0 Å². The summed E-state index contributed by atoms with van der Waals surface area (Å²) in [7, 11) is 3.40. The molecule has 0 radical (unpaired) electrons. The van der Waals surface area contributed by atoms with E-state index in [0.717, 1.165) is 17.7 Å². The van der Waals surface area contributed by atoms with Crippen LogP contribution >= 0.6 is 0 Å². The normalized spacial score (nSPS) is 13.4. The van der Waals surface area contributed by atoms with Crippen LogP contribution in [0.3, 0.4) is 0 Å². The Morgan fingerprint density at radius 2 is 1.89 bits per heavy atom. The van der Waals surface area contributed by atoms with Crippen molar-refractivity contribution >= 4 is 0 Å². The van der Waals surface area contributed by atoms with E-state index in [1.165, 1.54) is 5.56 Å². The molecule has 0 bridgehead atoms. The van der Waals surface area contributed by atoms with Crippen LogP contribution in [0.15, 0.2) is 18.2 Å². The summed E-state index contributed by atoms with van der Waals surface area (Å²) in [6.07, 6.45) is 0.785. The molecule has 1 unspecified atom stereocenters. The first-order valence-corrected chi connectivity index (χ1v) is 6.35. The van der Waals surface area contributed by atoms with Crippen molar-refractivity contribution < 1.29 is 9.47 Å². The summed E-state index contributed by atoms with van der Waals surface area (Å²) >= 11 is 0. The number of ether oxygens (including phenoxy) is 2. The molecule has 2 N–H and O–H groups in total. The third kappa shape index (κ3) is 3.47.